The van der Waals surface area contributed by atoms with E-state index in [1.165, 1.54) is 5.56 Å². The lowest BCUT2D eigenvalue weighted by molar-refractivity contribution is 0.591. The Bertz CT molecular complexity index is 580. The van der Waals surface area contributed by atoms with Crippen molar-refractivity contribution in [1.82, 2.24) is 9.97 Å². The smallest absolute Gasteiger partial charge is 0.138 e. The van der Waals surface area contributed by atoms with Gasteiger partial charge < -0.3 is 4.98 Å². The number of hydrogen-bond donors (Lipinski definition) is 1. The van der Waals surface area contributed by atoms with Crippen LogP contribution in [0.25, 0.3) is 11.4 Å². The fourth-order valence-electron chi connectivity index (χ4n) is 2.33. The van der Waals surface area contributed by atoms with Crippen LogP contribution in [0.4, 0.5) is 0 Å². The minimum absolute atomic E-state index is 0. The Morgan fingerprint density at radius 3 is 2.30 bits per heavy atom. The maximum absolute atomic E-state index is 6.16. The van der Waals surface area contributed by atoms with Gasteiger partial charge in [0.1, 0.15) is 5.82 Å². The summed E-state index contributed by atoms with van der Waals surface area (Å²) in [6.45, 7) is 10.6. The van der Waals surface area contributed by atoms with E-state index in [0.29, 0.717) is 0 Å². The molecule has 0 aliphatic rings. The number of H-pyrrole nitrogens is 1. The third-order valence-corrected chi connectivity index (χ3v) is 3.50. The summed E-state index contributed by atoms with van der Waals surface area (Å²) in [5.74, 6) is 0.908. The molecule has 20 heavy (non-hydrogen) atoms. The van der Waals surface area contributed by atoms with Gasteiger partial charge in [-0.05, 0) is 24.8 Å². The third kappa shape index (κ3) is 3.36. The molecule has 0 fully saturated rings. The number of nitrogens with zero attached hydrogens (tertiary/aromatic N) is 1. The van der Waals surface area contributed by atoms with E-state index in [2.05, 4.69) is 48.9 Å². The van der Waals surface area contributed by atoms with Crippen LogP contribution in [-0.4, -0.2) is 9.97 Å². The Morgan fingerprint density at radius 2 is 1.80 bits per heavy atom. The molecule has 1 atom stereocenters. The molecule has 0 amide bonds. The van der Waals surface area contributed by atoms with E-state index in [-0.39, 0.29) is 23.2 Å². The predicted octanol–water partition coefficient (Wildman–Crippen LogP) is 5.40. The van der Waals surface area contributed by atoms with Crippen LogP contribution < -0.4 is 0 Å². The summed E-state index contributed by atoms with van der Waals surface area (Å²) in [5.41, 5.74) is 4.50. The maximum atomic E-state index is 6.16. The molecule has 110 valence electrons. The molecule has 2 nitrogen and oxygen atoms in total. The molecular weight excluding hydrogens is 291 g/mol. The van der Waals surface area contributed by atoms with Crippen LogP contribution in [0.1, 0.15) is 50.0 Å². The Morgan fingerprint density at radius 1 is 1.20 bits per heavy atom. The third-order valence-electron chi connectivity index (χ3n) is 3.29. The molecule has 0 aliphatic heterocycles. The summed E-state index contributed by atoms with van der Waals surface area (Å²) in [6, 6.07) is 8.40. The lowest BCUT2D eigenvalue weighted by Crippen LogP contribution is -2.12. The number of alkyl halides is 1. The van der Waals surface area contributed by atoms with Crippen molar-refractivity contribution in [2.45, 2.75) is 45.4 Å². The number of aromatic amines is 1. The monoisotopic (exact) mass is 312 g/mol. The molecule has 0 saturated heterocycles. The van der Waals surface area contributed by atoms with Crippen molar-refractivity contribution >= 4 is 24.0 Å². The van der Waals surface area contributed by atoms with Crippen LogP contribution >= 0.6 is 24.0 Å². The molecule has 1 unspecified atom stereocenters. The highest BCUT2D eigenvalue weighted by molar-refractivity contribution is 6.20. The van der Waals surface area contributed by atoms with Crippen LogP contribution in [0, 0.1) is 6.92 Å². The number of benzene rings is 1. The summed E-state index contributed by atoms with van der Waals surface area (Å²) >= 11 is 6.16. The maximum Gasteiger partial charge on any atom is 0.138 e. The molecular formula is C16H22Cl2N2. The Balaban J connectivity index is 0.00000200. The summed E-state index contributed by atoms with van der Waals surface area (Å²) in [5, 5.41) is -0.0770. The van der Waals surface area contributed by atoms with Gasteiger partial charge in [0.05, 0.1) is 11.1 Å². The van der Waals surface area contributed by atoms with Gasteiger partial charge in [-0.2, -0.15) is 0 Å². The molecule has 2 aromatic rings. The highest BCUT2D eigenvalue weighted by Crippen LogP contribution is 2.33. The summed E-state index contributed by atoms with van der Waals surface area (Å²) < 4.78 is 0. The van der Waals surface area contributed by atoms with Gasteiger partial charge in [0, 0.05) is 11.3 Å². The number of nitrogens with one attached hydrogen (secondary N) is 1. The number of halogens is 2. The molecule has 2 rings (SSSR count). The standard InChI is InChI=1S/C16H21ClN2.ClH/c1-10(17)14-11(2)18-15(19-14)12-8-6-7-9-13(12)16(3,4)5;/h6-10H,1-5H3,(H,18,19);1H. The van der Waals surface area contributed by atoms with Crippen LogP contribution in [0.2, 0.25) is 0 Å². The molecule has 1 aromatic heterocycles. The SMILES string of the molecule is Cc1[nH]c(-c2ccccc2C(C)(C)C)nc1C(C)Cl.Cl. The van der Waals surface area contributed by atoms with Gasteiger partial charge in [-0.1, -0.05) is 45.0 Å². The van der Waals surface area contributed by atoms with Gasteiger partial charge in [-0.15, -0.1) is 24.0 Å². The van der Waals surface area contributed by atoms with E-state index in [4.69, 9.17) is 11.6 Å². The van der Waals surface area contributed by atoms with Crippen LogP contribution in [0.3, 0.4) is 0 Å². The lowest BCUT2D eigenvalue weighted by Gasteiger charge is -2.21. The first kappa shape index (κ1) is 17.1. The largest absolute Gasteiger partial charge is 0.342 e. The van der Waals surface area contributed by atoms with Gasteiger partial charge in [0.25, 0.3) is 0 Å². The van der Waals surface area contributed by atoms with Crippen molar-refractivity contribution in [2.75, 3.05) is 0 Å². The van der Waals surface area contributed by atoms with Crippen LogP contribution in [0.5, 0.6) is 0 Å². The van der Waals surface area contributed by atoms with Crippen molar-refractivity contribution in [3.63, 3.8) is 0 Å². The number of aryl methyl sites for hydroxylation is 1. The molecule has 0 spiro atoms. The van der Waals surface area contributed by atoms with Crippen molar-refractivity contribution in [2.24, 2.45) is 0 Å². The zero-order valence-electron chi connectivity index (χ0n) is 12.6. The molecule has 0 saturated carbocycles. The van der Waals surface area contributed by atoms with Crippen molar-refractivity contribution < 1.29 is 0 Å². The van der Waals surface area contributed by atoms with Crippen molar-refractivity contribution in [3.05, 3.63) is 41.2 Å². The number of hydrogen-bond acceptors (Lipinski definition) is 1. The highest BCUT2D eigenvalue weighted by Gasteiger charge is 2.21. The highest BCUT2D eigenvalue weighted by atomic mass is 35.5. The molecule has 1 aromatic carbocycles. The average molecular weight is 313 g/mol. The van der Waals surface area contributed by atoms with E-state index < -0.39 is 0 Å². The van der Waals surface area contributed by atoms with Gasteiger partial charge in [0.15, 0.2) is 0 Å². The molecule has 0 bridgehead atoms. The van der Waals surface area contributed by atoms with Gasteiger partial charge in [-0.25, -0.2) is 4.98 Å². The molecule has 0 radical (unpaired) electrons. The van der Waals surface area contributed by atoms with E-state index in [1.807, 2.05) is 19.9 Å². The predicted molar refractivity (Wildman–Crippen MR) is 89.0 cm³/mol. The number of rotatable bonds is 2. The van der Waals surface area contributed by atoms with Crippen LogP contribution in [-0.2, 0) is 5.41 Å². The molecule has 4 heteroatoms. The lowest BCUT2D eigenvalue weighted by atomic mass is 9.83. The molecule has 1 heterocycles. The van der Waals surface area contributed by atoms with E-state index >= 15 is 0 Å². The summed E-state index contributed by atoms with van der Waals surface area (Å²) in [7, 11) is 0. The fraction of sp³-hybridized carbons (Fsp3) is 0.438. The second-order valence-corrected chi connectivity index (χ2v) is 6.66. The number of aromatic nitrogens is 2. The van der Waals surface area contributed by atoms with E-state index in [1.54, 1.807) is 0 Å². The molecule has 0 aliphatic carbocycles. The first-order chi connectivity index (χ1) is 8.80. The first-order valence-corrected chi connectivity index (χ1v) is 7.05. The Kier molecular flexibility index (Phi) is 5.28. The normalized spacial score (nSPS) is 12.9. The van der Waals surface area contributed by atoms with Crippen molar-refractivity contribution in [3.8, 4) is 11.4 Å². The minimum atomic E-state index is -0.0770. The van der Waals surface area contributed by atoms with Gasteiger partial charge in [0.2, 0.25) is 0 Å². The van der Waals surface area contributed by atoms with Gasteiger partial charge >= 0.3 is 0 Å². The second-order valence-electron chi connectivity index (χ2n) is 6.01. The second kappa shape index (κ2) is 6.19. The number of imidazole rings is 1. The average Bonchev–Trinajstić information content (AvgIpc) is 2.70. The van der Waals surface area contributed by atoms with Gasteiger partial charge in [-0.3, -0.25) is 0 Å². The molecule has 1 N–H and O–H groups in total. The van der Waals surface area contributed by atoms with Crippen LogP contribution in [0.15, 0.2) is 24.3 Å². The zero-order chi connectivity index (χ0) is 14.2. The van der Waals surface area contributed by atoms with E-state index in [0.717, 1.165) is 22.8 Å². The topological polar surface area (TPSA) is 28.7 Å². The Labute approximate surface area is 132 Å². The van der Waals surface area contributed by atoms with Crippen molar-refractivity contribution in [1.29, 1.82) is 0 Å². The fourth-order valence-corrected chi connectivity index (χ4v) is 2.54. The minimum Gasteiger partial charge on any atom is -0.342 e. The zero-order valence-corrected chi connectivity index (χ0v) is 14.2. The quantitative estimate of drug-likeness (QED) is 0.738. The Hall–Kier alpha value is -0.990. The summed E-state index contributed by atoms with van der Waals surface area (Å²) in [6.07, 6.45) is 0. The van der Waals surface area contributed by atoms with E-state index in [9.17, 15) is 0 Å². The summed E-state index contributed by atoms with van der Waals surface area (Å²) in [4.78, 5) is 8.03. The first-order valence-electron chi connectivity index (χ1n) is 6.61.